The van der Waals surface area contributed by atoms with Crippen LogP contribution in [0.4, 0.5) is 5.00 Å². The van der Waals surface area contributed by atoms with Crippen LogP contribution >= 0.6 is 23.1 Å². The zero-order chi connectivity index (χ0) is 24.9. The highest BCUT2D eigenvalue weighted by molar-refractivity contribution is 7.99. The zero-order valence-electron chi connectivity index (χ0n) is 20.1. The summed E-state index contributed by atoms with van der Waals surface area (Å²) in [7, 11) is 1.36. The SMILES string of the molecule is C=CCn1c(COc2cccc(C)c2C)nnc1SCC(=O)Nc1sc2c(c1C(=O)OC)CCC2. The molecule has 0 saturated carbocycles. The lowest BCUT2D eigenvalue weighted by Crippen LogP contribution is -2.17. The molecule has 3 aromatic rings. The van der Waals surface area contributed by atoms with Crippen molar-refractivity contribution < 1.29 is 19.1 Å². The minimum absolute atomic E-state index is 0.121. The van der Waals surface area contributed by atoms with Gasteiger partial charge in [-0.1, -0.05) is 30.0 Å². The van der Waals surface area contributed by atoms with E-state index in [9.17, 15) is 9.59 Å². The number of methoxy groups -OCH3 is 1. The van der Waals surface area contributed by atoms with Crippen molar-refractivity contribution >= 4 is 40.0 Å². The molecule has 0 bridgehead atoms. The summed E-state index contributed by atoms with van der Waals surface area (Å²) in [6, 6.07) is 5.93. The van der Waals surface area contributed by atoms with E-state index in [0.29, 0.717) is 28.1 Å². The molecule has 35 heavy (non-hydrogen) atoms. The molecular formula is C25H28N4O4S2. The second kappa shape index (κ2) is 11.1. The van der Waals surface area contributed by atoms with Crippen LogP contribution in [-0.2, 0) is 35.5 Å². The van der Waals surface area contributed by atoms with Gasteiger partial charge in [-0.05, 0) is 55.9 Å². The van der Waals surface area contributed by atoms with E-state index < -0.39 is 5.97 Å². The molecule has 10 heteroatoms. The molecule has 184 valence electrons. The maximum atomic E-state index is 12.8. The fraction of sp³-hybridized carbons (Fsp3) is 0.360. The van der Waals surface area contributed by atoms with Crippen LogP contribution < -0.4 is 10.1 Å². The minimum atomic E-state index is -0.411. The molecule has 1 aliphatic carbocycles. The van der Waals surface area contributed by atoms with Crippen molar-refractivity contribution in [3.8, 4) is 5.75 Å². The quantitative estimate of drug-likeness (QED) is 0.238. The number of hydrogen-bond donors (Lipinski definition) is 1. The van der Waals surface area contributed by atoms with Gasteiger partial charge in [0.1, 0.15) is 17.4 Å². The number of nitrogens with zero attached hydrogens (tertiary/aromatic N) is 3. The smallest absolute Gasteiger partial charge is 0.341 e. The van der Waals surface area contributed by atoms with Crippen molar-refractivity contribution in [2.24, 2.45) is 0 Å². The predicted octanol–water partition coefficient (Wildman–Crippen LogP) is 4.73. The molecule has 1 N–H and O–H groups in total. The van der Waals surface area contributed by atoms with Crippen molar-refractivity contribution in [1.29, 1.82) is 0 Å². The van der Waals surface area contributed by atoms with E-state index in [-0.39, 0.29) is 18.3 Å². The minimum Gasteiger partial charge on any atom is -0.485 e. The molecule has 8 nitrogen and oxygen atoms in total. The summed E-state index contributed by atoms with van der Waals surface area (Å²) in [6.45, 7) is 8.63. The molecule has 1 aromatic carbocycles. The number of thioether (sulfide) groups is 1. The lowest BCUT2D eigenvalue weighted by Gasteiger charge is -2.12. The number of ether oxygens (including phenoxy) is 2. The summed E-state index contributed by atoms with van der Waals surface area (Å²) in [5.41, 5.74) is 3.73. The zero-order valence-corrected chi connectivity index (χ0v) is 21.7. The maximum Gasteiger partial charge on any atom is 0.341 e. The molecule has 0 saturated heterocycles. The van der Waals surface area contributed by atoms with Gasteiger partial charge in [0.25, 0.3) is 0 Å². The molecule has 0 radical (unpaired) electrons. The molecule has 1 amide bonds. The van der Waals surface area contributed by atoms with E-state index in [1.807, 2.05) is 36.6 Å². The molecule has 1 aliphatic rings. The monoisotopic (exact) mass is 512 g/mol. The molecule has 0 fully saturated rings. The lowest BCUT2D eigenvalue weighted by atomic mass is 10.1. The van der Waals surface area contributed by atoms with E-state index in [2.05, 4.69) is 22.1 Å². The fourth-order valence-electron chi connectivity index (χ4n) is 3.97. The number of rotatable bonds is 10. The van der Waals surface area contributed by atoms with Crippen LogP contribution in [0.5, 0.6) is 5.75 Å². The molecule has 2 heterocycles. The van der Waals surface area contributed by atoms with Gasteiger partial charge >= 0.3 is 5.97 Å². The van der Waals surface area contributed by atoms with Crippen molar-refractivity contribution in [1.82, 2.24) is 14.8 Å². The third kappa shape index (κ3) is 5.43. The number of amides is 1. The van der Waals surface area contributed by atoms with Gasteiger partial charge in [0.2, 0.25) is 5.91 Å². The van der Waals surface area contributed by atoms with Gasteiger partial charge in [-0.3, -0.25) is 9.36 Å². The predicted molar refractivity (Wildman–Crippen MR) is 138 cm³/mol. The third-order valence-corrected chi connectivity index (χ3v) is 8.09. The van der Waals surface area contributed by atoms with E-state index in [1.165, 1.54) is 30.2 Å². The third-order valence-electron chi connectivity index (χ3n) is 5.91. The fourth-order valence-corrected chi connectivity index (χ4v) is 6.03. The number of anilines is 1. The number of fused-ring (bicyclic) bond motifs is 1. The Hall–Kier alpha value is -3.11. The van der Waals surface area contributed by atoms with Gasteiger partial charge in [0.05, 0.1) is 18.4 Å². The Morgan fingerprint density at radius 2 is 2.11 bits per heavy atom. The second-order valence-electron chi connectivity index (χ2n) is 8.17. The molecule has 0 atom stereocenters. The largest absolute Gasteiger partial charge is 0.485 e. The molecule has 4 rings (SSSR count). The first-order valence-electron chi connectivity index (χ1n) is 11.3. The molecule has 0 spiro atoms. The van der Waals surface area contributed by atoms with Gasteiger partial charge < -0.3 is 14.8 Å². The van der Waals surface area contributed by atoms with Gasteiger partial charge in [-0.15, -0.1) is 28.1 Å². The first-order valence-corrected chi connectivity index (χ1v) is 13.1. The standard InChI is InChI=1S/C25H28N4O4S2/c1-5-12-29-20(13-33-18-10-6-8-15(2)16(18)3)27-28-25(29)34-14-21(30)26-23-22(24(31)32-4)17-9-7-11-19(17)35-23/h5-6,8,10H,1,7,9,11-14H2,2-4H3,(H,26,30). The summed E-state index contributed by atoms with van der Waals surface area (Å²) in [6.07, 6.45) is 4.53. The van der Waals surface area contributed by atoms with Crippen molar-refractivity contribution in [3.63, 3.8) is 0 Å². The topological polar surface area (TPSA) is 95.3 Å². The molecular weight excluding hydrogens is 484 g/mol. The number of aryl methyl sites for hydroxylation is 2. The van der Waals surface area contributed by atoms with Crippen molar-refractivity contribution in [3.05, 3.63) is 63.8 Å². The van der Waals surface area contributed by atoms with Crippen LogP contribution in [0.25, 0.3) is 0 Å². The summed E-state index contributed by atoms with van der Waals surface area (Å²) in [5, 5.41) is 12.6. The first kappa shape index (κ1) is 25.0. The first-order chi connectivity index (χ1) is 16.9. The Bertz CT molecular complexity index is 1260. The summed E-state index contributed by atoms with van der Waals surface area (Å²) in [4.78, 5) is 26.2. The average molecular weight is 513 g/mol. The van der Waals surface area contributed by atoms with Crippen LogP contribution in [0, 0.1) is 13.8 Å². The van der Waals surface area contributed by atoms with E-state index >= 15 is 0 Å². The summed E-state index contributed by atoms with van der Waals surface area (Å²) < 4.78 is 12.8. The number of benzene rings is 1. The van der Waals surface area contributed by atoms with E-state index in [1.54, 1.807) is 6.08 Å². The Balaban J connectivity index is 1.42. The molecule has 2 aromatic heterocycles. The van der Waals surface area contributed by atoms with Crippen LogP contribution in [0.15, 0.2) is 36.0 Å². The molecule has 0 unspecified atom stereocenters. The van der Waals surface area contributed by atoms with E-state index in [4.69, 9.17) is 9.47 Å². The Morgan fingerprint density at radius 3 is 2.89 bits per heavy atom. The average Bonchev–Trinajstić information content (AvgIpc) is 3.53. The summed E-state index contributed by atoms with van der Waals surface area (Å²) in [5.74, 6) is 0.941. The molecule has 0 aliphatic heterocycles. The number of esters is 1. The van der Waals surface area contributed by atoms with Crippen molar-refractivity contribution in [2.75, 3.05) is 18.2 Å². The number of thiophene rings is 1. The maximum absolute atomic E-state index is 12.8. The Labute approximate surface area is 212 Å². The van der Waals surface area contributed by atoms with Gasteiger partial charge in [-0.25, -0.2) is 4.79 Å². The number of allylic oxidation sites excluding steroid dienone is 1. The second-order valence-corrected chi connectivity index (χ2v) is 10.2. The Morgan fingerprint density at radius 1 is 1.29 bits per heavy atom. The lowest BCUT2D eigenvalue weighted by molar-refractivity contribution is -0.113. The highest BCUT2D eigenvalue weighted by Gasteiger charge is 2.28. The van der Waals surface area contributed by atoms with Crippen LogP contribution in [-0.4, -0.2) is 39.5 Å². The summed E-state index contributed by atoms with van der Waals surface area (Å²) >= 11 is 2.73. The van der Waals surface area contributed by atoms with Crippen LogP contribution in [0.3, 0.4) is 0 Å². The van der Waals surface area contributed by atoms with E-state index in [0.717, 1.165) is 46.6 Å². The highest BCUT2D eigenvalue weighted by Crippen LogP contribution is 2.39. The Kier molecular flexibility index (Phi) is 7.92. The van der Waals surface area contributed by atoms with Gasteiger partial charge in [-0.2, -0.15) is 0 Å². The highest BCUT2D eigenvalue weighted by atomic mass is 32.2. The van der Waals surface area contributed by atoms with Gasteiger partial charge in [0, 0.05) is 11.4 Å². The van der Waals surface area contributed by atoms with Gasteiger partial charge in [0.15, 0.2) is 11.0 Å². The van der Waals surface area contributed by atoms with Crippen molar-refractivity contribution in [2.45, 2.75) is 51.4 Å². The number of aromatic nitrogens is 3. The normalized spacial score (nSPS) is 12.3. The number of carbonyl (C=O) groups excluding carboxylic acids is 2. The number of hydrogen-bond acceptors (Lipinski definition) is 8. The van der Waals surface area contributed by atoms with Crippen LogP contribution in [0.1, 0.15) is 44.2 Å². The number of carbonyl (C=O) groups is 2. The van der Waals surface area contributed by atoms with Crippen LogP contribution in [0.2, 0.25) is 0 Å². The number of nitrogens with one attached hydrogen (secondary N) is 1.